The zero-order valence-electron chi connectivity index (χ0n) is 12.7. The molecule has 0 unspecified atom stereocenters. The molecule has 0 aliphatic carbocycles. The third-order valence-corrected chi connectivity index (χ3v) is 5.30. The van der Waals surface area contributed by atoms with Crippen molar-refractivity contribution < 1.29 is 14.3 Å². The van der Waals surface area contributed by atoms with E-state index in [-0.39, 0.29) is 18.7 Å². The van der Waals surface area contributed by atoms with Crippen molar-refractivity contribution in [3.8, 4) is 11.5 Å². The fourth-order valence-corrected chi connectivity index (χ4v) is 3.56. The average molecular weight is 352 g/mol. The van der Waals surface area contributed by atoms with Crippen molar-refractivity contribution in [1.29, 1.82) is 0 Å². The molecule has 2 heterocycles. The average Bonchev–Trinajstić information content (AvgIpc) is 3.20. The van der Waals surface area contributed by atoms with Crippen LogP contribution in [0.1, 0.15) is 18.5 Å². The van der Waals surface area contributed by atoms with Crippen molar-refractivity contribution in [3.63, 3.8) is 0 Å². The van der Waals surface area contributed by atoms with Crippen LogP contribution in [0.15, 0.2) is 22.5 Å². The zero-order chi connectivity index (χ0) is 16.2. The monoisotopic (exact) mass is 352 g/mol. The first kappa shape index (κ1) is 15.9. The summed E-state index contributed by atoms with van der Waals surface area (Å²) in [5, 5.41) is 14.5. The van der Waals surface area contributed by atoms with E-state index in [1.807, 2.05) is 25.1 Å². The number of carbonyl (C=O) groups is 1. The Morgan fingerprint density at radius 1 is 1.39 bits per heavy atom. The van der Waals surface area contributed by atoms with Crippen molar-refractivity contribution in [1.82, 2.24) is 15.5 Å². The third kappa shape index (κ3) is 3.85. The number of fused-ring (bicyclic) bond motifs is 1. The van der Waals surface area contributed by atoms with Crippen LogP contribution in [0.3, 0.4) is 0 Å². The van der Waals surface area contributed by atoms with Crippen LogP contribution >= 0.6 is 23.1 Å². The maximum atomic E-state index is 12.1. The molecule has 0 bridgehead atoms. The largest absolute Gasteiger partial charge is 0.454 e. The first-order chi connectivity index (χ1) is 11.2. The van der Waals surface area contributed by atoms with Crippen LogP contribution in [0.5, 0.6) is 11.5 Å². The van der Waals surface area contributed by atoms with Crippen molar-refractivity contribution in [2.45, 2.75) is 17.3 Å². The number of anilines is 1. The van der Waals surface area contributed by atoms with E-state index < -0.39 is 0 Å². The molecule has 7 nitrogen and oxygen atoms in total. The van der Waals surface area contributed by atoms with Gasteiger partial charge < -0.3 is 20.1 Å². The van der Waals surface area contributed by atoms with Gasteiger partial charge in [-0.1, -0.05) is 29.2 Å². The van der Waals surface area contributed by atoms with E-state index in [1.165, 1.54) is 23.1 Å². The van der Waals surface area contributed by atoms with Gasteiger partial charge in [-0.15, -0.1) is 10.2 Å². The van der Waals surface area contributed by atoms with Crippen LogP contribution in [0.25, 0.3) is 0 Å². The second-order valence-corrected chi connectivity index (χ2v) is 7.01. The van der Waals surface area contributed by atoms with Crippen molar-refractivity contribution in [2.75, 3.05) is 24.9 Å². The van der Waals surface area contributed by atoms with Gasteiger partial charge in [0.25, 0.3) is 0 Å². The van der Waals surface area contributed by atoms with Gasteiger partial charge in [-0.3, -0.25) is 4.79 Å². The smallest absolute Gasteiger partial charge is 0.231 e. The highest BCUT2D eigenvalue weighted by Gasteiger charge is 2.17. The third-order valence-electron chi connectivity index (χ3n) is 3.22. The minimum Gasteiger partial charge on any atom is -0.454 e. The van der Waals surface area contributed by atoms with Gasteiger partial charge in [0, 0.05) is 7.05 Å². The lowest BCUT2D eigenvalue weighted by atomic mass is 10.1. The number of carbonyl (C=O) groups excluding carboxylic acids is 1. The Bertz CT molecular complexity index is 707. The van der Waals surface area contributed by atoms with Gasteiger partial charge in [0.15, 0.2) is 15.8 Å². The minimum atomic E-state index is -0.111. The lowest BCUT2D eigenvalue weighted by molar-refractivity contribution is -0.119. The highest BCUT2D eigenvalue weighted by Crippen LogP contribution is 2.34. The number of thioether (sulfide) groups is 1. The predicted molar refractivity (Wildman–Crippen MR) is 89.3 cm³/mol. The van der Waals surface area contributed by atoms with Crippen LogP contribution in [0, 0.1) is 0 Å². The summed E-state index contributed by atoms with van der Waals surface area (Å²) in [7, 11) is 1.79. The van der Waals surface area contributed by atoms with E-state index in [1.54, 1.807) is 7.05 Å². The summed E-state index contributed by atoms with van der Waals surface area (Å²) >= 11 is 2.79. The number of nitrogens with one attached hydrogen (secondary N) is 2. The minimum absolute atomic E-state index is 0.0543. The molecule has 0 spiro atoms. The number of nitrogens with zero attached hydrogens (tertiary/aromatic N) is 2. The quantitative estimate of drug-likeness (QED) is 0.771. The van der Waals surface area contributed by atoms with E-state index in [0.717, 1.165) is 20.8 Å². The molecule has 1 aromatic carbocycles. The van der Waals surface area contributed by atoms with Gasteiger partial charge in [-0.2, -0.15) is 0 Å². The predicted octanol–water partition coefficient (Wildman–Crippen LogP) is 2.28. The lowest BCUT2D eigenvalue weighted by Gasteiger charge is -2.14. The van der Waals surface area contributed by atoms with E-state index >= 15 is 0 Å². The molecule has 0 radical (unpaired) electrons. The number of amides is 1. The van der Waals surface area contributed by atoms with Crippen LogP contribution in [-0.4, -0.2) is 35.7 Å². The molecule has 3 rings (SSSR count). The summed E-state index contributed by atoms with van der Waals surface area (Å²) in [6.45, 7) is 2.18. The normalized spacial score (nSPS) is 13.7. The topological polar surface area (TPSA) is 85.4 Å². The summed E-state index contributed by atoms with van der Waals surface area (Å²) in [5.74, 6) is 1.69. The van der Waals surface area contributed by atoms with E-state index in [9.17, 15) is 4.79 Å². The molecule has 0 saturated carbocycles. The standard InChI is InChI=1S/C14H16N4O3S2/c1-8(9-3-4-10-11(5-9)21-7-20-10)16-12(19)6-22-14-18-17-13(15-2)23-14/h3-5,8H,6-7H2,1-2H3,(H,15,17)(H,16,19)/t8-/m0/s1. The second-order valence-electron chi connectivity index (χ2n) is 4.81. The van der Waals surface area contributed by atoms with Crippen molar-refractivity contribution >= 4 is 34.1 Å². The molecular weight excluding hydrogens is 336 g/mol. The SMILES string of the molecule is CNc1nnc(SCC(=O)N[C@@H](C)c2ccc3c(c2)OCO3)s1. The van der Waals surface area contributed by atoms with Crippen molar-refractivity contribution in [3.05, 3.63) is 23.8 Å². The van der Waals surface area contributed by atoms with Crippen molar-refractivity contribution in [2.24, 2.45) is 0 Å². The zero-order valence-corrected chi connectivity index (χ0v) is 14.3. The molecule has 1 aliphatic heterocycles. The Labute approximate surface area is 141 Å². The number of rotatable bonds is 6. The van der Waals surface area contributed by atoms with Gasteiger partial charge >= 0.3 is 0 Å². The molecule has 1 aliphatic rings. The van der Waals surface area contributed by atoms with E-state index in [2.05, 4.69) is 20.8 Å². The molecule has 1 aromatic heterocycles. The second kappa shape index (κ2) is 7.05. The Hall–Kier alpha value is -2.00. The molecule has 9 heteroatoms. The van der Waals surface area contributed by atoms with Gasteiger partial charge in [0.1, 0.15) is 0 Å². The van der Waals surface area contributed by atoms with Gasteiger partial charge in [-0.25, -0.2) is 0 Å². The first-order valence-corrected chi connectivity index (χ1v) is 8.79. The maximum absolute atomic E-state index is 12.1. The summed E-state index contributed by atoms with van der Waals surface area (Å²) < 4.78 is 11.4. The maximum Gasteiger partial charge on any atom is 0.231 e. The Morgan fingerprint density at radius 3 is 3.00 bits per heavy atom. The lowest BCUT2D eigenvalue weighted by Crippen LogP contribution is -2.28. The summed E-state index contributed by atoms with van der Waals surface area (Å²) in [4.78, 5) is 12.1. The van der Waals surface area contributed by atoms with E-state index in [4.69, 9.17) is 9.47 Å². The van der Waals surface area contributed by atoms with Crippen LogP contribution in [-0.2, 0) is 4.79 Å². The summed E-state index contributed by atoms with van der Waals surface area (Å²) in [5.41, 5.74) is 0.973. The molecule has 1 amide bonds. The molecular formula is C14H16N4O3S2. The number of hydrogen-bond donors (Lipinski definition) is 2. The number of ether oxygens (including phenoxy) is 2. The molecule has 122 valence electrons. The Balaban J connectivity index is 1.52. The molecule has 2 aromatic rings. The first-order valence-electron chi connectivity index (χ1n) is 6.98. The van der Waals surface area contributed by atoms with Gasteiger partial charge in [0.05, 0.1) is 11.8 Å². The Kier molecular flexibility index (Phi) is 4.87. The highest BCUT2D eigenvalue weighted by molar-refractivity contribution is 8.01. The Morgan fingerprint density at radius 2 is 2.22 bits per heavy atom. The molecule has 0 fully saturated rings. The van der Waals surface area contributed by atoms with Gasteiger partial charge in [0.2, 0.25) is 17.8 Å². The number of hydrogen-bond acceptors (Lipinski definition) is 8. The fourth-order valence-electron chi connectivity index (χ4n) is 2.05. The summed E-state index contributed by atoms with van der Waals surface area (Å²) in [6.07, 6.45) is 0. The van der Waals surface area contributed by atoms with E-state index in [0.29, 0.717) is 11.5 Å². The summed E-state index contributed by atoms with van der Waals surface area (Å²) in [6, 6.07) is 5.56. The van der Waals surface area contributed by atoms with Crippen LogP contribution in [0.2, 0.25) is 0 Å². The molecule has 1 atom stereocenters. The fraction of sp³-hybridized carbons (Fsp3) is 0.357. The number of aromatic nitrogens is 2. The van der Waals surface area contributed by atoms with Crippen LogP contribution < -0.4 is 20.1 Å². The number of benzene rings is 1. The van der Waals surface area contributed by atoms with Gasteiger partial charge in [-0.05, 0) is 24.6 Å². The molecule has 23 heavy (non-hydrogen) atoms. The molecule has 0 saturated heterocycles. The van der Waals surface area contributed by atoms with Crippen LogP contribution in [0.4, 0.5) is 5.13 Å². The highest BCUT2D eigenvalue weighted by atomic mass is 32.2. The molecule has 2 N–H and O–H groups in total.